The first kappa shape index (κ1) is 22.9. The lowest BCUT2D eigenvalue weighted by Gasteiger charge is -2.24. The standard InChI is InChI=1S/C28H23FN2O3S/c1-28(2,3)18-11-9-16(10-12-18)23-22(24(32)17-7-5-4-6-8-17)25(33)26(34)31(23)27-30-20-14-13-19(29)15-21(20)35-27/h4-15,23,32H,1-3H3/b24-22+/t23-/m0/s1. The number of halogens is 1. The average molecular weight is 487 g/mol. The molecule has 35 heavy (non-hydrogen) atoms. The Hall–Kier alpha value is -3.84. The predicted octanol–water partition coefficient (Wildman–Crippen LogP) is 6.36. The maximum atomic E-state index is 13.8. The third-order valence-electron chi connectivity index (χ3n) is 6.13. The molecule has 1 aliphatic heterocycles. The zero-order valence-corrected chi connectivity index (χ0v) is 20.3. The molecule has 2 heterocycles. The van der Waals surface area contributed by atoms with Crippen LogP contribution in [0, 0.1) is 5.82 Å². The number of fused-ring (bicyclic) bond motifs is 1. The molecule has 176 valence electrons. The maximum absolute atomic E-state index is 13.8. The van der Waals surface area contributed by atoms with Crippen molar-refractivity contribution in [3.8, 4) is 0 Å². The number of anilines is 1. The molecule has 0 saturated carbocycles. The Balaban J connectivity index is 1.72. The van der Waals surface area contributed by atoms with Gasteiger partial charge >= 0.3 is 5.91 Å². The molecule has 1 aromatic heterocycles. The van der Waals surface area contributed by atoms with Gasteiger partial charge in [0.1, 0.15) is 11.6 Å². The summed E-state index contributed by atoms with van der Waals surface area (Å²) in [4.78, 5) is 32.5. The van der Waals surface area contributed by atoms with Crippen LogP contribution in [0.2, 0.25) is 0 Å². The van der Waals surface area contributed by atoms with Gasteiger partial charge in [-0.1, -0.05) is 86.7 Å². The number of aliphatic hydroxyl groups excluding tert-OH is 1. The molecule has 1 N–H and O–H groups in total. The van der Waals surface area contributed by atoms with Crippen LogP contribution in [0.5, 0.6) is 0 Å². The van der Waals surface area contributed by atoms with Crippen LogP contribution in [-0.4, -0.2) is 21.8 Å². The van der Waals surface area contributed by atoms with Crippen molar-refractivity contribution in [2.75, 3.05) is 4.90 Å². The van der Waals surface area contributed by atoms with Gasteiger partial charge in [-0.3, -0.25) is 14.5 Å². The number of carbonyl (C=O) groups is 2. The van der Waals surface area contributed by atoms with Gasteiger partial charge in [0.25, 0.3) is 5.78 Å². The number of thiazole rings is 1. The van der Waals surface area contributed by atoms with Gasteiger partial charge in [-0.15, -0.1) is 0 Å². The molecule has 0 spiro atoms. The van der Waals surface area contributed by atoms with Crippen LogP contribution in [0.1, 0.15) is 43.5 Å². The summed E-state index contributed by atoms with van der Waals surface area (Å²) in [6.07, 6.45) is 0. The molecule has 4 aromatic rings. The molecule has 1 fully saturated rings. The first-order valence-electron chi connectivity index (χ1n) is 11.2. The summed E-state index contributed by atoms with van der Waals surface area (Å²) in [5.74, 6) is -2.23. The minimum absolute atomic E-state index is 0.00450. The Morgan fingerprint density at radius 3 is 2.34 bits per heavy atom. The summed E-state index contributed by atoms with van der Waals surface area (Å²) in [6.45, 7) is 6.30. The molecule has 0 aliphatic carbocycles. The van der Waals surface area contributed by atoms with Crippen LogP contribution in [-0.2, 0) is 15.0 Å². The minimum Gasteiger partial charge on any atom is -0.507 e. The molecule has 0 radical (unpaired) electrons. The highest BCUT2D eigenvalue weighted by Gasteiger charge is 2.48. The number of rotatable bonds is 3. The number of amides is 1. The Labute approximate surface area is 206 Å². The predicted molar refractivity (Wildman–Crippen MR) is 136 cm³/mol. The highest BCUT2D eigenvalue weighted by atomic mass is 32.1. The third kappa shape index (κ3) is 4.02. The molecule has 1 aliphatic rings. The van der Waals surface area contributed by atoms with Gasteiger partial charge in [-0.05, 0) is 34.7 Å². The van der Waals surface area contributed by atoms with Gasteiger partial charge in [0.15, 0.2) is 5.13 Å². The number of aromatic nitrogens is 1. The van der Waals surface area contributed by atoms with Crippen molar-refractivity contribution in [2.24, 2.45) is 0 Å². The number of Topliss-reactive ketones (excluding diaryl/α,β-unsaturated/α-hetero) is 1. The van der Waals surface area contributed by atoms with E-state index in [1.165, 1.54) is 17.0 Å². The van der Waals surface area contributed by atoms with E-state index in [4.69, 9.17) is 0 Å². The number of hydrogen-bond donors (Lipinski definition) is 1. The van der Waals surface area contributed by atoms with Crippen molar-refractivity contribution in [1.29, 1.82) is 0 Å². The number of nitrogens with zero attached hydrogens (tertiary/aromatic N) is 2. The summed E-state index contributed by atoms with van der Waals surface area (Å²) < 4.78 is 14.4. The second-order valence-corrected chi connectivity index (χ2v) is 10.5. The van der Waals surface area contributed by atoms with Gasteiger partial charge < -0.3 is 5.11 Å². The minimum atomic E-state index is -0.880. The number of ketones is 1. The fourth-order valence-electron chi connectivity index (χ4n) is 4.25. The summed E-state index contributed by atoms with van der Waals surface area (Å²) in [7, 11) is 0. The lowest BCUT2D eigenvalue weighted by atomic mass is 9.85. The molecule has 5 rings (SSSR count). The van der Waals surface area contributed by atoms with Crippen LogP contribution in [0.15, 0.2) is 78.4 Å². The molecule has 1 amide bonds. The van der Waals surface area contributed by atoms with Gasteiger partial charge in [0.2, 0.25) is 0 Å². The van der Waals surface area contributed by atoms with E-state index in [2.05, 4.69) is 25.8 Å². The van der Waals surface area contributed by atoms with E-state index in [0.717, 1.165) is 16.9 Å². The number of carbonyl (C=O) groups excluding carboxylic acids is 2. The fraction of sp³-hybridized carbons (Fsp3) is 0.179. The molecular formula is C28H23FN2O3S. The second kappa shape index (κ2) is 8.43. The van der Waals surface area contributed by atoms with Gasteiger partial charge in [-0.25, -0.2) is 9.37 Å². The van der Waals surface area contributed by atoms with Crippen LogP contribution in [0.25, 0.3) is 16.0 Å². The molecule has 0 bridgehead atoms. The molecule has 1 atom stereocenters. The van der Waals surface area contributed by atoms with Crippen molar-refractivity contribution in [3.05, 3.63) is 101 Å². The highest BCUT2D eigenvalue weighted by molar-refractivity contribution is 7.22. The zero-order valence-electron chi connectivity index (χ0n) is 19.4. The molecule has 1 saturated heterocycles. The van der Waals surface area contributed by atoms with Gasteiger partial charge in [-0.2, -0.15) is 0 Å². The van der Waals surface area contributed by atoms with E-state index in [9.17, 15) is 19.1 Å². The summed E-state index contributed by atoms with van der Waals surface area (Å²) in [5.41, 5.74) is 2.64. The van der Waals surface area contributed by atoms with Crippen LogP contribution < -0.4 is 4.90 Å². The third-order valence-corrected chi connectivity index (χ3v) is 7.15. The van der Waals surface area contributed by atoms with E-state index in [1.807, 2.05) is 24.3 Å². The number of benzene rings is 3. The summed E-state index contributed by atoms with van der Waals surface area (Å²) >= 11 is 1.13. The lowest BCUT2D eigenvalue weighted by Crippen LogP contribution is -2.29. The van der Waals surface area contributed by atoms with Gasteiger partial charge in [0, 0.05) is 5.56 Å². The molecule has 3 aromatic carbocycles. The van der Waals surface area contributed by atoms with Gasteiger partial charge in [0.05, 0.1) is 21.8 Å². The van der Waals surface area contributed by atoms with Crippen molar-refractivity contribution in [3.63, 3.8) is 0 Å². The zero-order chi connectivity index (χ0) is 24.9. The Morgan fingerprint density at radius 2 is 1.69 bits per heavy atom. The average Bonchev–Trinajstić information content (AvgIpc) is 3.36. The van der Waals surface area contributed by atoms with Crippen molar-refractivity contribution >= 4 is 44.1 Å². The summed E-state index contributed by atoms with van der Waals surface area (Å²) in [5, 5.41) is 11.4. The van der Waals surface area contributed by atoms with E-state index < -0.39 is 23.5 Å². The fourth-order valence-corrected chi connectivity index (χ4v) is 5.27. The monoisotopic (exact) mass is 486 g/mol. The number of hydrogen-bond acceptors (Lipinski definition) is 5. The van der Waals surface area contributed by atoms with E-state index in [1.54, 1.807) is 36.4 Å². The molecule has 7 heteroatoms. The lowest BCUT2D eigenvalue weighted by molar-refractivity contribution is -0.132. The normalized spacial score (nSPS) is 17.9. The number of aliphatic hydroxyl groups is 1. The van der Waals surface area contributed by atoms with Crippen LogP contribution in [0.4, 0.5) is 9.52 Å². The topological polar surface area (TPSA) is 70.5 Å². The molecule has 0 unspecified atom stereocenters. The maximum Gasteiger partial charge on any atom is 0.301 e. The van der Waals surface area contributed by atoms with E-state index in [0.29, 0.717) is 21.3 Å². The first-order chi connectivity index (χ1) is 16.6. The van der Waals surface area contributed by atoms with Crippen LogP contribution in [0.3, 0.4) is 0 Å². The smallest absolute Gasteiger partial charge is 0.301 e. The van der Waals surface area contributed by atoms with E-state index in [-0.39, 0.29) is 21.9 Å². The SMILES string of the molecule is CC(C)(C)c1ccc([C@H]2/C(=C(\O)c3ccccc3)C(=O)C(=O)N2c2nc3ccc(F)cc3s2)cc1. The second-order valence-electron chi connectivity index (χ2n) is 9.52. The quantitative estimate of drug-likeness (QED) is 0.208. The Bertz CT molecular complexity index is 1480. The Morgan fingerprint density at radius 1 is 1.00 bits per heavy atom. The van der Waals surface area contributed by atoms with Crippen LogP contribution >= 0.6 is 11.3 Å². The summed E-state index contributed by atoms with van der Waals surface area (Å²) in [6, 6.07) is 19.7. The first-order valence-corrected chi connectivity index (χ1v) is 12.0. The van der Waals surface area contributed by atoms with Crippen molar-refractivity contribution < 1.29 is 19.1 Å². The Kier molecular flexibility index (Phi) is 5.52. The molecule has 5 nitrogen and oxygen atoms in total. The molecular weight excluding hydrogens is 463 g/mol. The van der Waals surface area contributed by atoms with E-state index >= 15 is 0 Å². The van der Waals surface area contributed by atoms with Crippen molar-refractivity contribution in [2.45, 2.75) is 32.2 Å². The highest BCUT2D eigenvalue weighted by Crippen LogP contribution is 2.44. The largest absolute Gasteiger partial charge is 0.507 e. The van der Waals surface area contributed by atoms with Crippen molar-refractivity contribution in [1.82, 2.24) is 4.98 Å².